The summed E-state index contributed by atoms with van der Waals surface area (Å²) < 4.78 is 14.6. The largest absolute Gasteiger partial charge is 0.494 e. The van der Waals surface area contributed by atoms with E-state index in [1.54, 1.807) is 0 Å². The van der Waals surface area contributed by atoms with Gasteiger partial charge in [0.05, 0.1) is 0 Å². The van der Waals surface area contributed by atoms with Crippen molar-refractivity contribution in [1.82, 2.24) is 0 Å². The summed E-state index contributed by atoms with van der Waals surface area (Å²) >= 11 is 0. The van der Waals surface area contributed by atoms with E-state index in [4.69, 9.17) is 4.52 Å². The minimum Gasteiger partial charge on any atom is -0.145 e. The van der Waals surface area contributed by atoms with E-state index in [1.807, 2.05) is 6.92 Å². The second-order valence-electron chi connectivity index (χ2n) is 1.80. The molecule has 8 heavy (non-hydrogen) atoms. The van der Waals surface area contributed by atoms with Gasteiger partial charge >= 0.3 is 8.69 Å². The van der Waals surface area contributed by atoms with Crippen LogP contribution in [0, 0.1) is 0 Å². The summed E-state index contributed by atoms with van der Waals surface area (Å²) in [6, 6.07) is 0. The fraction of sp³-hybridized carbons (Fsp3) is 1.00. The molecule has 0 N–H and O–H groups in total. The van der Waals surface area contributed by atoms with E-state index in [2.05, 4.69) is 6.92 Å². The third kappa shape index (κ3) is 4.23. The third-order valence-corrected chi connectivity index (χ3v) is 1.44. The Morgan fingerprint density at radius 2 is 2.38 bits per heavy atom. The Hall–Kier alpha value is 0.0600. The molecule has 0 heterocycles. The highest BCUT2D eigenvalue weighted by atomic mass is 31.1. The fourth-order valence-corrected chi connectivity index (χ4v) is 0.830. The Bertz CT molecular complexity index is 65.4. The Morgan fingerprint density at radius 3 is 2.75 bits per heavy atom. The van der Waals surface area contributed by atoms with E-state index in [0.717, 1.165) is 12.8 Å². The van der Waals surface area contributed by atoms with Crippen LogP contribution < -0.4 is 0 Å². The summed E-state index contributed by atoms with van der Waals surface area (Å²) in [5.41, 5.74) is 0. The van der Waals surface area contributed by atoms with Crippen molar-refractivity contribution < 1.29 is 9.09 Å². The zero-order valence-corrected chi connectivity index (χ0v) is 6.31. The molecule has 0 aliphatic rings. The van der Waals surface area contributed by atoms with E-state index < -0.39 is 8.69 Å². The summed E-state index contributed by atoms with van der Waals surface area (Å²) in [5.74, 6) is 0. The van der Waals surface area contributed by atoms with Crippen molar-refractivity contribution in [3.63, 3.8) is 0 Å². The van der Waals surface area contributed by atoms with Crippen molar-refractivity contribution in [1.29, 1.82) is 0 Å². The molecule has 3 heteroatoms. The van der Waals surface area contributed by atoms with Crippen molar-refractivity contribution in [2.75, 3.05) is 0 Å². The van der Waals surface area contributed by atoms with Gasteiger partial charge in [-0.1, -0.05) is 13.3 Å². The first-order valence-electron chi connectivity index (χ1n) is 2.84. The molecule has 48 valence electrons. The van der Waals surface area contributed by atoms with Crippen LogP contribution in [0.2, 0.25) is 0 Å². The van der Waals surface area contributed by atoms with Gasteiger partial charge in [-0.05, 0) is 17.9 Å². The second-order valence-corrected chi connectivity index (χ2v) is 2.20. The molecule has 0 saturated heterocycles. The average Bonchev–Trinajstić information content (AvgIpc) is 1.68. The molecule has 0 rings (SSSR count). The van der Waals surface area contributed by atoms with Crippen molar-refractivity contribution in [2.45, 2.75) is 32.8 Å². The van der Waals surface area contributed by atoms with Gasteiger partial charge in [-0.15, -0.1) is 4.52 Å². The van der Waals surface area contributed by atoms with Crippen LogP contribution in [0.5, 0.6) is 0 Å². The molecule has 2 atom stereocenters. The summed E-state index contributed by atoms with van der Waals surface area (Å²) in [4.78, 5) is 0. The molecule has 2 nitrogen and oxygen atoms in total. The molecule has 0 aliphatic carbocycles. The molecule has 0 aromatic carbocycles. The summed E-state index contributed by atoms with van der Waals surface area (Å²) in [6.07, 6.45) is 2.25. The quantitative estimate of drug-likeness (QED) is 0.552. The normalized spacial score (nSPS) is 14.2. The summed E-state index contributed by atoms with van der Waals surface area (Å²) in [5, 5.41) is 0. The first kappa shape index (κ1) is 8.06. The maximum Gasteiger partial charge on any atom is 0.494 e. The topological polar surface area (TPSA) is 26.3 Å². The molecular weight excluding hydrogens is 123 g/mol. The molecule has 0 aliphatic heterocycles. The molecule has 0 spiro atoms. The van der Waals surface area contributed by atoms with Gasteiger partial charge in [0.15, 0.2) is 0 Å². The van der Waals surface area contributed by atoms with Crippen LogP contribution in [-0.2, 0) is 9.09 Å². The predicted molar refractivity (Wildman–Crippen MR) is 34.5 cm³/mol. The molecule has 0 fully saturated rings. The maximum atomic E-state index is 9.82. The minimum atomic E-state index is -0.602. The van der Waals surface area contributed by atoms with Gasteiger partial charge in [-0.3, -0.25) is 0 Å². The lowest BCUT2D eigenvalue weighted by Crippen LogP contribution is -1.98. The molecule has 0 bridgehead atoms. The van der Waals surface area contributed by atoms with Crippen LogP contribution in [0.25, 0.3) is 0 Å². The second kappa shape index (κ2) is 5.20. The number of rotatable bonds is 4. The maximum absolute atomic E-state index is 9.82. The minimum absolute atomic E-state index is 0.163. The molecule has 0 radical (unpaired) electrons. The summed E-state index contributed by atoms with van der Waals surface area (Å²) in [6.45, 7) is 4.00. The number of hydrogen-bond acceptors (Lipinski definition) is 2. The Morgan fingerprint density at radius 1 is 1.75 bits per heavy atom. The molecule has 0 aromatic heterocycles. The standard InChI is InChI=1S/C5H12O2P/c1-3-4-5(2)7-8-6/h5,8H,3-4H2,1-2H3/q+1. The Labute approximate surface area is 51.5 Å². The van der Waals surface area contributed by atoms with Crippen LogP contribution >= 0.6 is 8.69 Å². The number of hydrogen-bond donors (Lipinski definition) is 0. The zero-order valence-electron chi connectivity index (χ0n) is 5.31. The molecule has 0 saturated carbocycles. The highest BCUT2D eigenvalue weighted by Crippen LogP contribution is 2.06. The molecular formula is C5H12O2P+. The van der Waals surface area contributed by atoms with Crippen molar-refractivity contribution in [2.24, 2.45) is 0 Å². The van der Waals surface area contributed by atoms with Gasteiger partial charge in [0, 0.05) is 0 Å². The van der Waals surface area contributed by atoms with E-state index in [1.165, 1.54) is 0 Å². The monoisotopic (exact) mass is 135 g/mol. The van der Waals surface area contributed by atoms with E-state index in [9.17, 15) is 4.57 Å². The molecule has 2 unspecified atom stereocenters. The van der Waals surface area contributed by atoms with Gasteiger partial charge in [0.2, 0.25) is 0 Å². The highest BCUT2D eigenvalue weighted by Gasteiger charge is 2.03. The van der Waals surface area contributed by atoms with Crippen LogP contribution in [0.15, 0.2) is 0 Å². The first-order chi connectivity index (χ1) is 3.81. The Balaban J connectivity index is 3.03. The Kier molecular flexibility index (Phi) is 5.24. The van der Waals surface area contributed by atoms with Crippen LogP contribution in [0.1, 0.15) is 26.7 Å². The van der Waals surface area contributed by atoms with E-state index in [-0.39, 0.29) is 6.10 Å². The zero-order chi connectivity index (χ0) is 6.41. The van der Waals surface area contributed by atoms with Crippen LogP contribution in [0.4, 0.5) is 0 Å². The lowest BCUT2D eigenvalue weighted by molar-refractivity contribution is 0.232. The smallest absolute Gasteiger partial charge is 0.145 e. The van der Waals surface area contributed by atoms with Gasteiger partial charge in [-0.25, -0.2) is 0 Å². The van der Waals surface area contributed by atoms with Gasteiger partial charge < -0.3 is 0 Å². The highest BCUT2D eigenvalue weighted by molar-refractivity contribution is 7.17. The predicted octanol–water partition coefficient (Wildman–Crippen LogP) is 2.13. The van der Waals surface area contributed by atoms with Crippen LogP contribution in [-0.4, -0.2) is 6.10 Å². The van der Waals surface area contributed by atoms with Gasteiger partial charge in [0.1, 0.15) is 6.10 Å². The average molecular weight is 135 g/mol. The SMILES string of the molecule is CCCC(C)O[PH+]=O. The molecule has 0 aromatic rings. The van der Waals surface area contributed by atoms with Crippen molar-refractivity contribution in [3.05, 3.63) is 0 Å². The fourth-order valence-electron chi connectivity index (χ4n) is 0.548. The first-order valence-corrected chi connectivity index (χ1v) is 3.65. The van der Waals surface area contributed by atoms with Crippen molar-refractivity contribution in [3.8, 4) is 0 Å². The van der Waals surface area contributed by atoms with Gasteiger partial charge in [-0.2, -0.15) is 0 Å². The molecule has 0 amide bonds. The third-order valence-electron chi connectivity index (χ3n) is 0.944. The lowest BCUT2D eigenvalue weighted by Gasteiger charge is -1.96. The van der Waals surface area contributed by atoms with Gasteiger partial charge in [0.25, 0.3) is 0 Å². The summed E-state index contributed by atoms with van der Waals surface area (Å²) in [7, 11) is -0.602. The lowest BCUT2D eigenvalue weighted by atomic mass is 10.2. The van der Waals surface area contributed by atoms with Crippen molar-refractivity contribution >= 4 is 8.69 Å². The van der Waals surface area contributed by atoms with Crippen LogP contribution in [0.3, 0.4) is 0 Å². The van der Waals surface area contributed by atoms with E-state index >= 15 is 0 Å². The van der Waals surface area contributed by atoms with E-state index in [0.29, 0.717) is 0 Å².